The molecule has 0 saturated carbocycles. The quantitative estimate of drug-likeness (QED) is 0.373. The van der Waals surface area contributed by atoms with Gasteiger partial charge < -0.3 is 19.7 Å². The maximum atomic E-state index is 12.9. The predicted octanol–water partition coefficient (Wildman–Crippen LogP) is 4.57. The van der Waals surface area contributed by atoms with Crippen molar-refractivity contribution in [2.45, 2.75) is 85.1 Å². The Morgan fingerprint density at radius 2 is 1.83 bits per heavy atom. The van der Waals surface area contributed by atoms with Gasteiger partial charge in [-0.05, 0) is 91.3 Å². The Balaban J connectivity index is 2.03. The normalized spacial score (nSPS) is 17.2. The molecule has 204 valence electrons. The number of halogens is 1. The molecule has 36 heavy (non-hydrogen) atoms. The molecule has 0 bridgehead atoms. The molecule has 1 aromatic heterocycles. The van der Waals surface area contributed by atoms with Gasteiger partial charge in [-0.25, -0.2) is 14.0 Å². The number of hydrogen-bond donors (Lipinski definition) is 1. The van der Waals surface area contributed by atoms with Gasteiger partial charge in [-0.2, -0.15) is 0 Å². The van der Waals surface area contributed by atoms with E-state index in [1.165, 1.54) is 0 Å². The highest BCUT2D eigenvalue weighted by molar-refractivity contribution is 6.13. The Hall–Kier alpha value is -2.10. The van der Waals surface area contributed by atoms with Crippen LogP contribution >= 0.6 is 11.8 Å². The Morgan fingerprint density at radius 3 is 2.47 bits per heavy atom. The number of aromatic nitrogens is 1. The second kappa shape index (κ2) is 13.4. The molecule has 1 aromatic rings. The number of carbonyl (C=O) groups is 2. The zero-order chi connectivity index (χ0) is 26.9. The van der Waals surface area contributed by atoms with E-state index in [0.717, 1.165) is 30.6 Å². The third-order valence-electron chi connectivity index (χ3n) is 5.59. The van der Waals surface area contributed by atoms with E-state index >= 15 is 0 Å². The Bertz CT molecular complexity index is 855. The molecule has 0 radical (unpaired) electrons. The molecule has 1 aliphatic rings. The molecular formula is C26H44ClN5O4. The maximum absolute atomic E-state index is 12.9. The number of nitrogens with one attached hydrogen (secondary N) is 1. The fraction of sp³-hybridized carbons (Fsp3) is 0.731. The van der Waals surface area contributed by atoms with Crippen LogP contribution in [0.15, 0.2) is 18.3 Å². The average Bonchev–Trinajstić information content (AvgIpc) is 2.72. The van der Waals surface area contributed by atoms with Crippen molar-refractivity contribution in [1.29, 1.82) is 0 Å². The van der Waals surface area contributed by atoms with Gasteiger partial charge in [0, 0.05) is 45.5 Å². The highest BCUT2D eigenvalue weighted by Crippen LogP contribution is 2.19. The standard InChI is InChI=1S/C26H44ClN5O4/c1-20-11-10-13-28-22(20)19-30(14-9-8-12-29-23(33)35-25(2,3)4)17-21-18-31(27)15-16-32(21)24(34)36-26(5,6)7/h10-11,13,21H,8-9,12,14-19H2,1-7H3,(H,29,33). The molecule has 1 atom stereocenters. The monoisotopic (exact) mass is 525 g/mol. The van der Waals surface area contributed by atoms with Gasteiger partial charge in [-0.3, -0.25) is 9.88 Å². The van der Waals surface area contributed by atoms with E-state index in [-0.39, 0.29) is 12.1 Å². The van der Waals surface area contributed by atoms with Crippen molar-refractivity contribution in [3.63, 3.8) is 0 Å². The van der Waals surface area contributed by atoms with Crippen LogP contribution in [0, 0.1) is 6.92 Å². The summed E-state index contributed by atoms with van der Waals surface area (Å²) in [6.45, 7) is 17.5. The summed E-state index contributed by atoms with van der Waals surface area (Å²) < 4.78 is 12.7. The summed E-state index contributed by atoms with van der Waals surface area (Å²) in [4.78, 5) is 33.5. The third kappa shape index (κ3) is 11.3. The van der Waals surface area contributed by atoms with Crippen molar-refractivity contribution < 1.29 is 19.1 Å². The molecular weight excluding hydrogens is 482 g/mol. The van der Waals surface area contributed by atoms with Crippen LogP contribution in [0.2, 0.25) is 0 Å². The summed E-state index contributed by atoms with van der Waals surface area (Å²) >= 11 is 6.38. The lowest BCUT2D eigenvalue weighted by atomic mass is 10.1. The van der Waals surface area contributed by atoms with E-state index < -0.39 is 17.3 Å². The molecule has 1 saturated heterocycles. The van der Waals surface area contributed by atoms with Crippen LogP contribution in [0.1, 0.15) is 65.6 Å². The number of aryl methyl sites for hydroxylation is 1. The van der Waals surface area contributed by atoms with Gasteiger partial charge in [-0.1, -0.05) is 6.07 Å². The smallest absolute Gasteiger partial charge is 0.410 e. The molecule has 0 aromatic carbocycles. The van der Waals surface area contributed by atoms with Crippen LogP contribution in [0.3, 0.4) is 0 Å². The zero-order valence-electron chi connectivity index (χ0n) is 23.0. The summed E-state index contributed by atoms with van der Waals surface area (Å²) in [7, 11) is 0. The third-order valence-corrected chi connectivity index (χ3v) is 5.90. The second-order valence-electron chi connectivity index (χ2n) is 11.3. The van der Waals surface area contributed by atoms with E-state index in [1.54, 1.807) is 15.5 Å². The predicted molar refractivity (Wildman–Crippen MR) is 142 cm³/mol. The van der Waals surface area contributed by atoms with Crippen molar-refractivity contribution in [2.24, 2.45) is 0 Å². The molecule has 2 rings (SSSR count). The van der Waals surface area contributed by atoms with Gasteiger partial charge in [-0.15, -0.1) is 0 Å². The lowest BCUT2D eigenvalue weighted by molar-refractivity contribution is 0.000628. The van der Waals surface area contributed by atoms with E-state index in [2.05, 4.69) is 28.2 Å². The Labute approximate surface area is 221 Å². The van der Waals surface area contributed by atoms with Crippen LogP contribution in [0.4, 0.5) is 9.59 Å². The van der Waals surface area contributed by atoms with Crippen LogP contribution in [0.25, 0.3) is 0 Å². The van der Waals surface area contributed by atoms with Crippen LogP contribution in [-0.2, 0) is 16.0 Å². The van der Waals surface area contributed by atoms with Crippen molar-refractivity contribution >= 4 is 24.0 Å². The summed E-state index contributed by atoms with van der Waals surface area (Å²) in [6, 6.07) is 3.87. The maximum Gasteiger partial charge on any atom is 0.410 e. The number of piperazine rings is 1. The molecule has 0 aliphatic carbocycles. The molecule has 2 amide bonds. The van der Waals surface area contributed by atoms with Gasteiger partial charge >= 0.3 is 12.2 Å². The van der Waals surface area contributed by atoms with Crippen molar-refractivity contribution in [3.8, 4) is 0 Å². The molecule has 2 heterocycles. The molecule has 1 fully saturated rings. The van der Waals surface area contributed by atoms with Gasteiger partial charge in [0.25, 0.3) is 0 Å². The first-order valence-corrected chi connectivity index (χ1v) is 13.1. The molecule has 1 unspecified atom stereocenters. The summed E-state index contributed by atoms with van der Waals surface area (Å²) in [5, 5.41) is 2.82. The topological polar surface area (TPSA) is 87.2 Å². The molecule has 1 N–H and O–H groups in total. The average molecular weight is 526 g/mol. The first-order valence-electron chi connectivity index (χ1n) is 12.7. The summed E-state index contributed by atoms with van der Waals surface area (Å²) in [5.41, 5.74) is 1.05. The fourth-order valence-corrected chi connectivity index (χ4v) is 4.16. The minimum atomic E-state index is -0.564. The van der Waals surface area contributed by atoms with Crippen molar-refractivity contribution in [3.05, 3.63) is 29.6 Å². The Kier molecular flexibility index (Phi) is 11.3. The van der Waals surface area contributed by atoms with Gasteiger partial charge in [0.2, 0.25) is 0 Å². The highest BCUT2D eigenvalue weighted by atomic mass is 35.5. The fourth-order valence-electron chi connectivity index (χ4n) is 3.93. The van der Waals surface area contributed by atoms with E-state index in [9.17, 15) is 9.59 Å². The minimum absolute atomic E-state index is 0.116. The number of nitrogens with zero attached hydrogens (tertiary/aromatic N) is 4. The minimum Gasteiger partial charge on any atom is -0.444 e. The molecule has 10 heteroatoms. The molecule has 9 nitrogen and oxygen atoms in total. The Morgan fingerprint density at radius 1 is 1.14 bits per heavy atom. The van der Waals surface area contributed by atoms with E-state index in [1.807, 2.05) is 47.6 Å². The largest absolute Gasteiger partial charge is 0.444 e. The second-order valence-corrected chi connectivity index (χ2v) is 11.8. The molecule has 1 aliphatic heterocycles. The van der Waals surface area contributed by atoms with Crippen LogP contribution < -0.4 is 5.32 Å². The van der Waals surface area contributed by atoms with Crippen molar-refractivity contribution in [1.82, 2.24) is 24.5 Å². The molecule has 0 spiro atoms. The highest BCUT2D eigenvalue weighted by Gasteiger charge is 2.34. The number of hydrogen-bond acceptors (Lipinski definition) is 7. The SMILES string of the molecule is Cc1cccnc1CN(CCCCNC(=O)OC(C)(C)C)CC1CN(Cl)CCN1C(=O)OC(C)(C)C. The summed E-state index contributed by atoms with van der Waals surface area (Å²) in [6.07, 6.45) is 2.76. The van der Waals surface area contributed by atoms with Crippen LogP contribution in [0.5, 0.6) is 0 Å². The first-order chi connectivity index (χ1) is 16.7. The number of ether oxygens (including phenoxy) is 2. The first kappa shape index (κ1) is 30.1. The zero-order valence-corrected chi connectivity index (χ0v) is 23.7. The van der Waals surface area contributed by atoms with Crippen molar-refractivity contribution in [2.75, 3.05) is 39.3 Å². The number of pyridine rings is 1. The number of carbonyl (C=O) groups excluding carboxylic acids is 2. The lowest BCUT2D eigenvalue weighted by Gasteiger charge is -2.41. The van der Waals surface area contributed by atoms with Gasteiger partial charge in [0.05, 0.1) is 11.7 Å². The van der Waals surface area contributed by atoms with Gasteiger partial charge in [0.15, 0.2) is 0 Å². The number of unbranched alkanes of at least 4 members (excludes halogenated alkanes) is 1. The van der Waals surface area contributed by atoms with E-state index in [4.69, 9.17) is 21.3 Å². The van der Waals surface area contributed by atoms with Crippen LogP contribution in [-0.4, -0.2) is 87.9 Å². The van der Waals surface area contributed by atoms with Gasteiger partial charge in [0.1, 0.15) is 11.2 Å². The summed E-state index contributed by atoms with van der Waals surface area (Å²) in [5.74, 6) is 0. The number of alkyl carbamates (subject to hydrolysis) is 1. The number of amides is 2. The van der Waals surface area contributed by atoms with E-state index in [0.29, 0.717) is 39.3 Å². The number of rotatable bonds is 9. The lowest BCUT2D eigenvalue weighted by Crippen LogP contribution is -2.57.